The lowest BCUT2D eigenvalue weighted by molar-refractivity contribution is -0.123. The van der Waals surface area contributed by atoms with Crippen LogP contribution in [0.2, 0.25) is 0 Å². The maximum absolute atomic E-state index is 14.2. The van der Waals surface area contributed by atoms with Gasteiger partial charge in [-0.25, -0.2) is 0 Å². The fourth-order valence-electron chi connectivity index (χ4n) is 4.77. The number of para-hydroxylation sites is 1. The van der Waals surface area contributed by atoms with E-state index >= 15 is 0 Å². The molecule has 0 bridgehead atoms. The van der Waals surface area contributed by atoms with Crippen LogP contribution in [0.25, 0.3) is 0 Å². The van der Waals surface area contributed by atoms with Gasteiger partial charge in [-0.15, -0.1) is 11.8 Å². The van der Waals surface area contributed by atoms with E-state index in [4.69, 9.17) is 4.74 Å². The van der Waals surface area contributed by atoms with Crippen LogP contribution in [0, 0.1) is 0 Å². The number of nitrogens with zero attached hydrogens (tertiary/aromatic N) is 2. The van der Waals surface area contributed by atoms with Gasteiger partial charge in [0.2, 0.25) is 0 Å². The second kappa shape index (κ2) is 7.96. The number of methoxy groups -OCH3 is 1. The predicted molar refractivity (Wildman–Crippen MR) is 131 cm³/mol. The van der Waals surface area contributed by atoms with Crippen LogP contribution in [0.4, 0.5) is 5.69 Å². The zero-order chi connectivity index (χ0) is 23.2. The van der Waals surface area contributed by atoms with Crippen molar-refractivity contribution in [2.75, 3.05) is 18.6 Å². The van der Waals surface area contributed by atoms with Gasteiger partial charge in [0.1, 0.15) is 5.75 Å². The summed E-state index contributed by atoms with van der Waals surface area (Å²) in [7, 11) is 1.60. The molecular weight excluding hydrogens is 432 g/mol. The molecule has 1 saturated heterocycles. The first-order valence-electron chi connectivity index (χ1n) is 11.0. The molecule has 5 nitrogen and oxygen atoms in total. The Kier molecular flexibility index (Phi) is 5.20. The van der Waals surface area contributed by atoms with Gasteiger partial charge in [-0.3, -0.25) is 9.59 Å². The van der Waals surface area contributed by atoms with Crippen LogP contribution in [0.3, 0.4) is 0 Å². The summed E-state index contributed by atoms with van der Waals surface area (Å²) in [4.78, 5) is 30.5. The van der Waals surface area contributed by atoms with Crippen molar-refractivity contribution in [3.8, 4) is 5.75 Å². The van der Waals surface area contributed by atoms with E-state index < -0.39 is 4.87 Å². The van der Waals surface area contributed by atoms with Crippen LogP contribution in [0.15, 0.2) is 78.9 Å². The van der Waals surface area contributed by atoms with Gasteiger partial charge in [-0.1, -0.05) is 48.5 Å². The fourth-order valence-corrected chi connectivity index (χ4v) is 6.50. The number of fused-ring (bicyclic) bond motifs is 2. The summed E-state index contributed by atoms with van der Waals surface area (Å²) in [5.41, 5.74) is 3.33. The number of hydrogen-bond donors (Lipinski definition) is 0. The van der Waals surface area contributed by atoms with E-state index in [1.807, 2.05) is 59.5 Å². The van der Waals surface area contributed by atoms with Crippen LogP contribution in [-0.2, 0) is 16.2 Å². The fraction of sp³-hybridized carbons (Fsp3) is 0.259. The average molecular weight is 459 g/mol. The first kappa shape index (κ1) is 21.6. The number of amides is 2. The summed E-state index contributed by atoms with van der Waals surface area (Å²) < 4.78 is 4.96. The molecule has 5 rings (SSSR count). The Labute approximate surface area is 198 Å². The molecule has 1 spiro atoms. The second-order valence-electron chi connectivity index (χ2n) is 9.02. The van der Waals surface area contributed by atoms with Crippen LogP contribution in [0.5, 0.6) is 5.75 Å². The summed E-state index contributed by atoms with van der Waals surface area (Å²) in [6.07, 6.45) is 0. The normalized spacial score (nSPS) is 20.9. The molecular formula is C27H26N2O3S. The van der Waals surface area contributed by atoms with Crippen molar-refractivity contribution in [3.63, 3.8) is 0 Å². The summed E-state index contributed by atoms with van der Waals surface area (Å²) in [6.45, 7) is 5.12. The van der Waals surface area contributed by atoms with E-state index in [9.17, 15) is 9.59 Å². The highest BCUT2D eigenvalue weighted by molar-refractivity contribution is 8.02. The van der Waals surface area contributed by atoms with Gasteiger partial charge in [-0.05, 0) is 49.7 Å². The maximum Gasteiger partial charge on any atom is 0.268 e. The van der Waals surface area contributed by atoms with Crippen molar-refractivity contribution in [2.24, 2.45) is 0 Å². The van der Waals surface area contributed by atoms with Crippen LogP contribution >= 0.6 is 11.8 Å². The molecule has 2 aliphatic heterocycles. The zero-order valence-corrected chi connectivity index (χ0v) is 19.8. The van der Waals surface area contributed by atoms with Crippen molar-refractivity contribution >= 4 is 29.3 Å². The topological polar surface area (TPSA) is 49.9 Å². The van der Waals surface area contributed by atoms with E-state index in [0.717, 1.165) is 16.8 Å². The summed E-state index contributed by atoms with van der Waals surface area (Å²) >= 11 is 1.57. The molecule has 1 atom stereocenters. The molecule has 0 radical (unpaired) electrons. The first-order valence-corrected chi connectivity index (χ1v) is 11.8. The Morgan fingerprint density at radius 3 is 2.33 bits per heavy atom. The molecule has 0 aromatic heterocycles. The number of carbonyl (C=O) groups is 2. The quantitative estimate of drug-likeness (QED) is 0.548. The molecule has 1 unspecified atom stereocenters. The molecule has 6 heteroatoms. The van der Waals surface area contributed by atoms with Gasteiger partial charge in [-0.2, -0.15) is 0 Å². The summed E-state index contributed by atoms with van der Waals surface area (Å²) in [6, 6.07) is 24.9. The van der Waals surface area contributed by atoms with Crippen molar-refractivity contribution in [3.05, 3.63) is 95.6 Å². The van der Waals surface area contributed by atoms with Crippen molar-refractivity contribution in [1.82, 2.24) is 4.90 Å². The molecule has 3 aromatic carbocycles. The monoisotopic (exact) mass is 458 g/mol. The van der Waals surface area contributed by atoms with Crippen LogP contribution in [-0.4, -0.2) is 35.1 Å². The number of rotatable bonds is 4. The van der Waals surface area contributed by atoms with Crippen molar-refractivity contribution in [1.29, 1.82) is 0 Å². The minimum absolute atomic E-state index is 0.0648. The third kappa shape index (κ3) is 3.49. The molecule has 0 aliphatic carbocycles. The molecule has 2 aliphatic rings. The second-order valence-corrected chi connectivity index (χ2v) is 10.9. The van der Waals surface area contributed by atoms with Gasteiger partial charge in [0.15, 0.2) is 4.87 Å². The Morgan fingerprint density at radius 1 is 0.970 bits per heavy atom. The Hall–Kier alpha value is -3.25. The number of ether oxygens (including phenoxy) is 1. The first-order chi connectivity index (χ1) is 15.9. The van der Waals surface area contributed by atoms with Crippen molar-refractivity contribution < 1.29 is 14.3 Å². The minimum Gasteiger partial charge on any atom is -0.497 e. The van der Waals surface area contributed by atoms with Crippen LogP contribution in [0.1, 0.15) is 35.3 Å². The lowest BCUT2D eigenvalue weighted by Crippen LogP contribution is -2.50. The van der Waals surface area contributed by atoms with Gasteiger partial charge >= 0.3 is 0 Å². The summed E-state index contributed by atoms with van der Waals surface area (Å²) in [5, 5.41) is 0. The lowest BCUT2D eigenvalue weighted by Gasteiger charge is -2.33. The smallest absolute Gasteiger partial charge is 0.268 e. The highest BCUT2D eigenvalue weighted by atomic mass is 32.2. The number of carbonyl (C=O) groups excluding carboxylic acids is 2. The van der Waals surface area contributed by atoms with Gasteiger partial charge < -0.3 is 14.5 Å². The molecule has 2 heterocycles. The maximum atomic E-state index is 14.2. The van der Waals surface area contributed by atoms with E-state index in [-0.39, 0.29) is 16.6 Å². The highest BCUT2D eigenvalue weighted by Crippen LogP contribution is 2.60. The Bertz CT molecular complexity index is 1210. The third-order valence-corrected chi connectivity index (χ3v) is 7.80. The van der Waals surface area contributed by atoms with E-state index in [1.165, 1.54) is 0 Å². The predicted octanol–water partition coefficient (Wildman–Crippen LogP) is 5.06. The standard InChI is InChI=1S/C27H26N2O3S/c1-26(2)18-29(24(30)20-13-15-21(32-3)16-14-20)27(33-26)22-11-7-8-12-23(22)28(25(27)31)17-19-9-5-4-6-10-19/h4-16H,17-18H2,1-3H3. The van der Waals surface area contributed by atoms with Crippen molar-refractivity contribution in [2.45, 2.75) is 30.0 Å². The highest BCUT2D eigenvalue weighted by Gasteiger charge is 2.63. The largest absolute Gasteiger partial charge is 0.497 e. The Balaban J connectivity index is 1.60. The van der Waals surface area contributed by atoms with E-state index in [2.05, 4.69) is 13.8 Å². The molecule has 2 amide bonds. The number of anilines is 1. The number of hydrogen-bond acceptors (Lipinski definition) is 4. The zero-order valence-electron chi connectivity index (χ0n) is 18.9. The van der Waals surface area contributed by atoms with E-state index in [1.54, 1.807) is 48.0 Å². The molecule has 33 heavy (non-hydrogen) atoms. The molecule has 168 valence electrons. The molecule has 0 saturated carbocycles. The Morgan fingerprint density at radius 2 is 1.64 bits per heavy atom. The van der Waals surface area contributed by atoms with Gasteiger partial charge in [0, 0.05) is 22.4 Å². The third-order valence-electron chi connectivity index (χ3n) is 6.20. The average Bonchev–Trinajstić information content (AvgIpc) is 3.25. The van der Waals surface area contributed by atoms with Crippen LogP contribution < -0.4 is 9.64 Å². The van der Waals surface area contributed by atoms with Gasteiger partial charge in [0.25, 0.3) is 11.8 Å². The number of benzene rings is 3. The molecule has 3 aromatic rings. The molecule has 0 N–H and O–H groups in total. The lowest BCUT2D eigenvalue weighted by atomic mass is 10.0. The molecule has 1 fully saturated rings. The van der Waals surface area contributed by atoms with E-state index in [0.29, 0.717) is 24.4 Å². The summed E-state index contributed by atoms with van der Waals surface area (Å²) in [5.74, 6) is 0.471. The minimum atomic E-state index is -1.09. The van der Waals surface area contributed by atoms with Gasteiger partial charge in [0.05, 0.1) is 19.3 Å². The number of thioether (sulfide) groups is 1. The SMILES string of the molecule is COc1ccc(C(=O)N2CC(C)(C)SC23C(=O)N(Cc2ccccc2)c2ccccc23)cc1.